The summed E-state index contributed by atoms with van der Waals surface area (Å²) in [7, 11) is 3.13. The average Bonchev–Trinajstić information content (AvgIpc) is 2.60. The molecular weight excluding hydrogens is 308 g/mol. The van der Waals surface area contributed by atoms with Gasteiger partial charge in [-0.15, -0.1) is 0 Å². The number of likely N-dealkylation sites (tertiary alicyclic amines) is 1. The van der Waals surface area contributed by atoms with Crippen LogP contribution in [0.1, 0.15) is 38.3 Å². The first-order chi connectivity index (χ1) is 11.5. The van der Waals surface area contributed by atoms with Gasteiger partial charge in [0.25, 0.3) is 0 Å². The van der Waals surface area contributed by atoms with Crippen molar-refractivity contribution in [1.29, 1.82) is 0 Å². The van der Waals surface area contributed by atoms with Gasteiger partial charge in [0.15, 0.2) is 11.5 Å². The van der Waals surface area contributed by atoms with Gasteiger partial charge in [-0.2, -0.15) is 0 Å². The largest absolute Gasteiger partial charge is 0.493 e. The van der Waals surface area contributed by atoms with Crippen molar-refractivity contribution in [2.75, 3.05) is 27.3 Å². The van der Waals surface area contributed by atoms with Crippen molar-refractivity contribution in [3.63, 3.8) is 0 Å². The Labute approximate surface area is 143 Å². The number of hydrogen-bond acceptors (Lipinski definition) is 4. The predicted molar refractivity (Wildman–Crippen MR) is 91.1 cm³/mol. The Kier molecular flexibility index (Phi) is 6.06. The van der Waals surface area contributed by atoms with Crippen molar-refractivity contribution in [1.82, 2.24) is 10.2 Å². The van der Waals surface area contributed by atoms with Gasteiger partial charge in [0.2, 0.25) is 0 Å². The molecule has 6 heteroatoms. The number of nitrogens with one attached hydrogen (secondary N) is 1. The molecule has 1 aromatic rings. The van der Waals surface area contributed by atoms with E-state index in [9.17, 15) is 9.59 Å². The number of nitrogens with zero attached hydrogens (tertiary/aromatic N) is 1. The van der Waals surface area contributed by atoms with Crippen LogP contribution in [0.4, 0.5) is 0 Å². The van der Waals surface area contributed by atoms with E-state index < -0.39 is 11.8 Å². The molecule has 1 aromatic carbocycles. The van der Waals surface area contributed by atoms with E-state index in [-0.39, 0.29) is 6.04 Å². The Hall–Kier alpha value is -2.24. The van der Waals surface area contributed by atoms with Gasteiger partial charge in [-0.3, -0.25) is 9.59 Å². The SMILES string of the molecule is COc1ccc(C(C)NC(=O)C(=O)N2CCC(C)CC2)cc1OC. The minimum atomic E-state index is -0.563. The summed E-state index contributed by atoms with van der Waals surface area (Å²) >= 11 is 0. The number of piperidine rings is 1. The fourth-order valence-electron chi connectivity index (χ4n) is 2.82. The summed E-state index contributed by atoms with van der Waals surface area (Å²) in [5.41, 5.74) is 0.848. The van der Waals surface area contributed by atoms with E-state index >= 15 is 0 Å². The number of ether oxygens (including phenoxy) is 2. The van der Waals surface area contributed by atoms with Crippen molar-refractivity contribution in [3.05, 3.63) is 23.8 Å². The zero-order valence-electron chi connectivity index (χ0n) is 14.8. The lowest BCUT2D eigenvalue weighted by Crippen LogP contribution is -2.46. The van der Waals surface area contributed by atoms with Crippen molar-refractivity contribution >= 4 is 11.8 Å². The minimum absolute atomic E-state index is 0.301. The summed E-state index contributed by atoms with van der Waals surface area (Å²) in [6.45, 7) is 5.31. The number of carbonyl (C=O) groups excluding carboxylic acids is 2. The van der Waals surface area contributed by atoms with E-state index in [1.165, 1.54) is 0 Å². The molecule has 0 spiro atoms. The van der Waals surface area contributed by atoms with Crippen molar-refractivity contribution in [3.8, 4) is 11.5 Å². The van der Waals surface area contributed by atoms with Crippen LogP contribution >= 0.6 is 0 Å². The first kappa shape index (κ1) is 18.1. The zero-order valence-corrected chi connectivity index (χ0v) is 14.8. The molecule has 0 aliphatic carbocycles. The van der Waals surface area contributed by atoms with Gasteiger partial charge in [0.1, 0.15) is 0 Å². The second-order valence-corrected chi connectivity index (χ2v) is 6.28. The highest BCUT2D eigenvalue weighted by molar-refractivity contribution is 6.35. The summed E-state index contributed by atoms with van der Waals surface area (Å²) < 4.78 is 10.5. The summed E-state index contributed by atoms with van der Waals surface area (Å²) in [4.78, 5) is 26.1. The third-order valence-corrected chi connectivity index (χ3v) is 4.52. The first-order valence-electron chi connectivity index (χ1n) is 8.28. The van der Waals surface area contributed by atoms with E-state index in [2.05, 4.69) is 12.2 Å². The van der Waals surface area contributed by atoms with Crippen LogP contribution in [0.5, 0.6) is 11.5 Å². The summed E-state index contributed by atoms with van der Waals surface area (Å²) in [5, 5.41) is 2.77. The van der Waals surface area contributed by atoms with Gasteiger partial charge in [0, 0.05) is 13.1 Å². The Bertz CT molecular complexity index is 595. The molecule has 1 atom stereocenters. The van der Waals surface area contributed by atoms with Gasteiger partial charge >= 0.3 is 11.8 Å². The molecule has 1 saturated heterocycles. The lowest BCUT2D eigenvalue weighted by Gasteiger charge is -2.30. The van der Waals surface area contributed by atoms with Crippen LogP contribution in [0, 0.1) is 5.92 Å². The minimum Gasteiger partial charge on any atom is -0.493 e. The van der Waals surface area contributed by atoms with Gasteiger partial charge in [0.05, 0.1) is 20.3 Å². The number of amides is 2. The van der Waals surface area contributed by atoms with Gasteiger partial charge in [-0.25, -0.2) is 0 Å². The molecule has 1 N–H and O–H groups in total. The van der Waals surface area contributed by atoms with E-state index in [1.54, 1.807) is 31.3 Å². The molecule has 1 unspecified atom stereocenters. The number of methoxy groups -OCH3 is 2. The summed E-state index contributed by atoms with van der Waals surface area (Å²) in [6, 6.07) is 5.13. The predicted octanol–water partition coefficient (Wildman–Crippen LogP) is 2.14. The van der Waals surface area contributed by atoms with Crippen LogP contribution < -0.4 is 14.8 Å². The highest BCUT2D eigenvalue weighted by Gasteiger charge is 2.26. The zero-order chi connectivity index (χ0) is 17.7. The number of carbonyl (C=O) groups is 2. The third-order valence-electron chi connectivity index (χ3n) is 4.52. The van der Waals surface area contributed by atoms with Crippen LogP contribution in [0.2, 0.25) is 0 Å². The lowest BCUT2D eigenvalue weighted by atomic mass is 9.99. The smallest absolute Gasteiger partial charge is 0.311 e. The van der Waals surface area contributed by atoms with Crippen LogP contribution in [-0.2, 0) is 9.59 Å². The van der Waals surface area contributed by atoms with Crippen molar-refractivity contribution in [2.45, 2.75) is 32.7 Å². The second kappa shape index (κ2) is 8.04. The quantitative estimate of drug-likeness (QED) is 0.857. The Morgan fingerprint density at radius 2 is 1.79 bits per heavy atom. The van der Waals surface area contributed by atoms with E-state index in [0.717, 1.165) is 18.4 Å². The topological polar surface area (TPSA) is 67.9 Å². The molecular formula is C18H26N2O4. The second-order valence-electron chi connectivity index (χ2n) is 6.28. The maximum absolute atomic E-state index is 12.3. The standard InChI is InChI=1S/C18H26N2O4/c1-12-7-9-20(10-8-12)18(22)17(21)19-13(2)14-5-6-15(23-3)16(11-14)24-4/h5-6,11-13H,7-10H2,1-4H3,(H,19,21). The molecule has 1 aliphatic heterocycles. The Morgan fingerprint density at radius 3 is 2.38 bits per heavy atom. The number of benzene rings is 1. The van der Waals surface area contributed by atoms with Crippen molar-refractivity contribution < 1.29 is 19.1 Å². The van der Waals surface area contributed by atoms with Gasteiger partial charge < -0.3 is 19.7 Å². The summed E-state index contributed by atoms with van der Waals surface area (Å²) in [5.74, 6) is 0.814. The molecule has 1 aliphatic rings. The van der Waals surface area contributed by atoms with E-state index in [4.69, 9.17) is 9.47 Å². The molecule has 0 radical (unpaired) electrons. The molecule has 2 amide bonds. The molecule has 0 saturated carbocycles. The summed E-state index contributed by atoms with van der Waals surface area (Å²) in [6.07, 6.45) is 1.90. The third kappa shape index (κ3) is 4.19. The Balaban J connectivity index is 1.99. The molecule has 0 bridgehead atoms. The molecule has 2 rings (SSSR count). The van der Waals surface area contributed by atoms with Crippen LogP contribution in [-0.4, -0.2) is 44.0 Å². The molecule has 1 fully saturated rings. The highest BCUT2D eigenvalue weighted by Crippen LogP contribution is 2.29. The normalized spacial score (nSPS) is 16.4. The molecule has 132 valence electrons. The highest BCUT2D eigenvalue weighted by atomic mass is 16.5. The number of hydrogen-bond donors (Lipinski definition) is 1. The van der Waals surface area contributed by atoms with Crippen molar-refractivity contribution in [2.24, 2.45) is 5.92 Å². The maximum Gasteiger partial charge on any atom is 0.311 e. The van der Waals surface area contributed by atoms with Crippen LogP contribution in [0.3, 0.4) is 0 Å². The lowest BCUT2D eigenvalue weighted by molar-refractivity contribution is -0.147. The molecule has 1 heterocycles. The Morgan fingerprint density at radius 1 is 1.17 bits per heavy atom. The fraction of sp³-hybridized carbons (Fsp3) is 0.556. The van der Waals surface area contributed by atoms with Crippen LogP contribution in [0.25, 0.3) is 0 Å². The van der Waals surface area contributed by atoms with E-state index in [1.807, 2.05) is 13.0 Å². The van der Waals surface area contributed by atoms with E-state index in [0.29, 0.717) is 30.5 Å². The molecule has 6 nitrogen and oxygen atoms in total. The van der Waals surface area contributed by atoms with Gasteiger partial charge in [-0.05, 0) is 43.4 Å². The fourth-order valence-corrected chi connectivity index (χ4v) is 2.82. The molecule has 24 heavy (non-hydrogen) atoms. The van der Waals surface area contributed by atoms with Crippen LogP contribution in [0.15, 0.2) is 18.2 Å². The average molecular weight is 334 g/mol. The van der Waals surface area contributed by atoms with Gasteiger partial charge in [-0.1, -0.05) is 13.0 Å². The molecule has 0 aromatic heterocycles. The number of rotatable bonds is 4. The first-order valence-corrected chi connectivity index (χ1v) is 8.28. The monoisotopic (exact) mass is 334 g/mol. The maximum atomic E-state index is 12.3.